The molecule has 0 aliphatic carbocycles. The van der Waals surface area contributed by atoms with Gasteiger partial charge in [-0.1, -0.05) is 5.16 Å². The van der Waals surface area contributed by atoms with Crippen molar-refractivity contribution in [2.45, 2.75) is 12.2 Å². The molecule has 2 heterocycles. The number of alkyl halides is 1. The number of hydrogen-bond donors (Lipinski definition) is 1. The van der Waals surface area contributed by atoms with Crippen molar-refractivity contribution in [3.05, 3.63) is 18.0 Å². The minimum absolute atomic E-state index is 0. The molecule has 0 unspecified atom stereocenters. The summed E-state index contributed by atoms with van der Waals surface area (Å²) in [5.74, 6) is 0.513. The van der Waals surface area contributed by atoms with Gasteiger partial charge in [0.15, 0.2) is 5.96 Å². The molecule has 0 amide bonds. The molecule has 11 heteroatoms. The predicted octanol–water partition coefficient (Wildman–Crippen LogP) is 0.675. The zero-order valence-electron chi connectivity index (χ0n) is 13.5. The van der Waals surface area contributed by atoms with E-state index < -0.39 is 10.0 Å². The van der Waals surface area contributed by atoms with E-state index in [1.165, 1.54) is 10.6 Å². The number of aliphatic imine (C=N–C) groups is 1. The molecule has 0 bridgehead atoms. The number of hydrogen-bond acceptors (Lipinski definition) is 5. The van der Waals surface area contributed by atoms with Crippen LogP contribution in [0.4, 0.5) is 4.39 Å². The van der Waals surface area contributed by atoms with Crippen LogP contribution in [0, 0.1) is 0 Å². The fourth-order valence-corrected chi connectivity index (χ4v) is 3.79. The van der Waals surface area contributed by atoms with E-state index in [-0.39, 0.29) is 36.4 Å². The summed E-state index contributed by atoms with van der Waals surface area (Å²) in [5, 5.41) is 6.72. The molecule has 2 rings (SSSR count). The normalized spacial score (nSPS) is 16.8. The van der Waals surface area contributed by atoms with Crippen molar-refractivity contribution in [2.75, 3.05) is 46.4 Å². The van der Waals surface area contributed by atoms with Gasteiger partial charge in [-0.15, -0.1) is 24.0 Å². The van der Waals surface area contributed by atoms with Crippen molar-refractivity contribution in [1.82, 2.24) is 19.7 Å². The summed E-state index contributed by atoms with van der Waals surface area (Å²) in [5.41, 5.74) is 0.399. The van der Waals surface area contributed by atoms with Crippen LogP contribution in [0.2, 0.25) is 0 Å². The van der Waals surface area contributed by atoms with Crippen LogP contribution in [-0.4, -0.2) is 75.2 Å². The SMILES string of the molecule is CN=C(NCCCF)N1CCN(S(=O)(=O)Cc2ccon2)CC1.I. The topological polar surface area (TPSA) is 91.0 Å². The third-order valence-corrected chi connectivity index (χ3v) is 5.37. The highest BCUT2D eigenvalue weighted by Crippen LogP contribution is 2.12. The number of piperazine rings is 1. The smallest absolute Gasteiger partial charge is 0.220 e. The summed E-state index contributed by atoms with van der Waals surface area (Å²) >= 11 is 0. The number of guanidine groups is 1. The number of halogens is 2. The van der Waals surface area contributed by atoms with E-state index >= 15 is 0 Å². The molecule has 1 aliphatic heterocycles. The molecule has 24 heavy (non-hydrogen) atoms. The average molecular weight is 475 g/mol. The predicted molar refractivity (Wildman–Crippen MR) is 99.6 cm³/mol. The number of nitrogens with one attached hydrogen (secondary N) is 1. The Morgan fingerprint density at radius 2 is 2.12 bits per heavy atom. The first kappa shape index (κ1) is 21.1. The molecule has 138 valence electrons. The Bertz CT molecular complexity index is 603. The van der Waals surface area contributed by atoms with Crippen LogP contribution >= 0.6 is 24.0 Å². The molecule has 0 aromatic carbocycles. The maximum Gasteiger partial charge on any atom is 0.220 e. The molecule has 1 saturated heterocycles. The van der Waals surface area contributed by atoms with E-state index in [2.05, 4.69) is 20.0 Å². The molecule has 0 saturated carbocycles. The molecule has 1 aromatic rings. The summed E-state index contributed by atoms with van der Waals surface area (Å²) in [7, 11) is -1.75. The lowest BCUT2D eigenvalue weighted by Gasteiger charge is -2.35. The lowest BCUT2D eigenvalue weighted by molar-refractivity contribution is 0.259. The Kier molecular flexibility index (Phi) is 8.91. The van der Waals surface area contributed by atoms with E-state index in [0.717, 1.165) is 0 Å². The molecular weight excluding hydrogens is 452 g/mol. The fourth-order valence-electron chi connectivity index (χ4n) is 2.37. The Morgan fingerprint density at radius 3 is 2.67 bits per heavy atom. The number of rotatable bonds is 6. The highest BCUT2D eigenvalue weighted by atomic mass is 127. The van der Waals surface area contributed by atoms with Gasteiger partial charge in [0.05, 0.1) is 12.4 Å². The molecule has 1 fully saturated rings. The van der Waals surface area contributed by atoms with Crippen molar-refractivity contribution in [2.24, 2.45) is 4.99 Å². The monoisotopic (exact) mass is 475 g/mol. The summed E-state index contributed by atoms with van der Waals surface area (Å²) in [6, 6.07) is 1.55. The van der Waals surface area contributed by atoms with Crippen molar-refractivity contribution >= 4 is 40.0 Å². The Labute approximate surface area is 158 Å². The maximum absolute atomic E-state index is 12.3. The molecule has 0 radical (unpaired) electrons. The van der Waals surface area contributed by atoms with E-state index in [9.17, 15) is 12.8 Å². The van der Waals surface area contributed by atoms with E-state index in [0.29, 0.717) is 50.8 Å². The first-order valence-electron chi connectivity index (χ1n) is 7.45. The molecular formula is C13H23FIN5O3S. The first-order chi connectivity index (χ1) is 11.1. The molecule has 0 spiro atoms. The van der Waals surface area contributed by atoms with Gasteiger partial charge in [-0.3, -0.25) is 9.38 Å². The summed E-state index contributed by atoms with van der Waals surface area (Å²) < 4.78 is 43.0. The van der Waals surface area contributed by atoms with Crippen LogP contribution in [0.3, 0.4) is 0 Å². The molecule has 1 aliphatic rings. The highest BCUT2D eigenvalue weighted by molar-refractivity contribution is 14.0. The third kappa shape index (κ3) is 5.84. The summed E-state index contributed by atoms with van der Waals surface area (Å²) in [6.07, 6.45) is 1.78. The quantitative estimate of drug-likeness (QED) is 0.282. The number of nitrogens with zero attached hydrogens (tertiary/aromatic N) is 4. The minimum Gasteiger partial charge on any atom is -0.364 e. The van der Waals surface area contributed by atoms with Crippen LogP contribution < -0.4 is 5.32 Å². The van der Waals surface area contributed by atoms with E-state index in [4.69, 9.17) is 0 Å². The molecule has 1 aromatic heterocycles. The van der Waals surface area contributed by atoms with Crippen molar-refractivity contribution in [3.8, 4) is 0 Å². The summed E-state index contributed by atoms with van der Waals surface area (Å²) in [4.78, 5) is 6.12. The van der Waals surface area contributed by atoms with Crippen molar-refractivity contribution in [3.63, 3.8) is 0 Å². The standard InChI is InChI=1S/C13H22FN5O3S.HI/c1-15-13(16-5-2-4-14)18-6-8-19(9-7-18)23(20,21)11-12-3-10-22-17-12;/h3,10H,2,4-9,11H2,1H3,(H,15,16);1H. The second-order valence-corrected chi connectivity index (χ2v) is 7.12. The second kappa shape index (κ2) is 10.1. The molecule has 1 N–H and O–H groups in total. The Morgan fingerprint density at radius 1 is 1.42 bits per heavy atom. The highest BCUT2D eigenvalue weighted by Gasteiger charge is 2.28. The zero-order chi connectivity index (χ0) is 16.7. The molecule has 0 atom stereocenters. The van der Waals surface area contributed by atoms with Gasteiger partial charge in [0.25, 0.3) is 0 Å². The number of sulfonamides is 1. The van der Waals surface area contributed by atoms with E-state index in [1.54, 1.807) is 13.1 Å². The van der Waals surface area contributed by atoms with Gasteiger partial charge < -0.3 is 14.7 Å². The van der Waals surface area contributed by atoms with Crippen LogP contribution in [0.5, 0.6) is 0 Å². The third-order valence-electron chi connectivity index (χ3n) is 3.56. The summed E-state index contributed by atoms with van der Waals surface area (Å²) in [6.45, 7) is 1.96. The van der Waals surface area contributed by atoms with E-state index in [1.807, 2.05) is 4.90 Å². The van der Waals surface area contributed by atoms with Gasteiger partial charge in [-0.05, 0) is 6.42 Å². The largest absolute Gasteiger partial charge is 0.364 e. The van der Waals surface area contributed by atoms with Gasteiger partial charge in [-0.2, -0.15) is 4.31 Å². The zero-order valence-corrected chi connectivity index (χ0v) is 16.7. The van der Waals surface area contributed by atoms with Gasteiger partial charge in [0.1, 0.15) is 12.0 Å². The lowest BCUT2D eigenvalue weighted by atomic mass is 10.4. The van der Waals surface area contributed by atoms with Gasteiger partial charge >= 0.3 is 0 Å². The maximum atomic E-state index is 12.3. The van der Waals surface area contributed by atoms with Crippen LogP contribution in [0.25, 0.3) is 0 Å². The molecule has 8 nitrogen and oxygen atoms in total. The second-order valence-electron chi connectivity index (χ2n) is 5.15. The van der Waals surface area contributed by atoms with Crippen LogP contribution in [-0.2, 0) is 15.8 Å². The van der Waals surface area contributed by atoms with Gasteiger partial charge in [0.2, 0.25) is 10.0 Å². The van der Waals surface area contributed by atoms with Crippen molar-refractivity contribution < 1.29 is 17.3 Å². The van der Waals surface area contributed by atoms with Gasteiger partial charge in [-0.25, -0.2) is 8.42 Å². The Hall–Kier alpha value is -0.950. The fraction of sp³-hybridized carbons (Fsp3) is 0.692. The van der Waals surface area contributed by atoms with Crippen molar-refractivity contribution in [1.29, 1.82) is 0 Å². The number of aromatic nitrogens is 1. The van der Waals surface area contributed by atoms with Crippen LogP contribution in [0.15, 0.2) is 21.8 Å². The average Bonchev–Trinajstić information content (AvgIpc) is 3.04. The lowest BCUT2D eigenvalue weighted by Crippen LogP contribution is -2.54. The first-order valence-corrected chi connectivity index (χ1v) is 9.06. The Balaban J connectivity index is 0.00000288. The van der Waals surface area contributed by atoms with Gasteiger partial charge in [0, 0.05) is 45.8 Å². The van der Waals surface area contributed by atoms with Crippen LogP contribution in [0.1, 0.15) is 12.1 Å². The minimum atomic E-state index is -3.41.